The molecular weight excluding hydrogens is 280 g/mol. The molecule has 6 heteroatoms. The maximum atomic E-state index is 12.6. The zero-order chi connectivity index (χ0) is 16.1. The highest BCUT2D eigenvalue weighted by molar-refractivity contribution is 5.93. The summed E-state index contributed by atoms with van der Waals surface area (Å²) in [6, 6.07) is 0. The Morgan fingerprint density at radius 1 is 1.41 bits per heavy atom. The quantitative estimate of drug-likeness (QED) is 0.804. The number of nitrogens with zero attached hydrogens (tertiary/aromatic N) is 4. The van der Waals surface area contributed by atoms with Crippen LogP contribution in [-0.4, -0.2) is 46.3 Å². The number of carbonyl (C=O) groups is 2. The van der Waals surface area contributed by atoms with E-state index in [0.717, 1.165) is 30.8 Å². The van der Waals surface area contributed by atoms with E-state index in [4.69, 9.17) is 0 Å². The molecule has 22 heavy (non-hydrogen) atoms. The van der Waals surface area contributed by atoms with Gasteiger partial charge in [-0.2, -0.15) is 0 Å². The summed E-state index contributed by atoms with van der Waals surface area (Å²) in [6.45, 7) is 7.64. The Balaban J connectivity index is 2.07. The molecule has 1 aliphatic heterocycles. The number of aromatic nitrogens is 2. The summed E-state index contributed by atoms with van der Waals surface area (Å²) in [5, 5.41) is 0. The normalized spacial score (nSPS) is 14.5. The fourth-order valence-corrected chi connectivity index (χ4v) is 2.66. The molecule has 0 unspecified atom stereocenters. The van der Waals surface area contributed by atoms with E-state index in [1.165, 1.54) is 0 Å². The highest BCUT2D eigenvalue weighted by atomic mass is 16.2. The lowest BCUT2D eigenvalue weighted by Gasteiger charge is -2.24. The number of hydrogen-bond donors (Lipinski definition) is 0. The van der Waals surface area contributed by atoms with Crippen LogP contribution in [0.25, 0.3) is 0 Å². The molecule has 2 rings (SSSR count). The monoisotopic (exact) mass is 304 g/mol. The molecule has 1 aliphatic rings. The van der Waals surface area contributed by atoms with Crippen LogP contribution in [-0.2, 0) is 9.59 Å². The summed E-state index contributed by atoms with van der Waals surface area (Å²) in [5.74, 6) is 0.797. The number of hydrogen-bond acceptors (Lipinski definition) is 4. The first-order chi connectivity index (χ1) is 10.5. The van der Waals surface area contributed by atoms with Gasteiger partial charge in [-0.05, 0) is 26.7 Å². The van der Waals surface area contributed by atoms with E-state index in [-0.39, 0.29) is 11.8 Å². The maximum absolute atomic E-state index is 12.6. The molecule has 120 valence electrons. The highest BCUT2D eigenvalue weighted by Gasteiger charge is 2.23. The first-order valence-electron chi connectivity index (χ1n) is 7.91. The predicted octanol–water partition coefficient (Wildman–Crippen LogP) is 1.85. The third-order valence-corrected chi connectivity index (χ3v) is 3.82. The van der Waals surface area contributed by atoms with Gasteiger partial charge in [-0.1, -0.05) is 6.92 Å². The molecule has 1 saturated heterocycles. The van der Waals surface area contributed by atoms with E-state index in [9.17, 15) is 9.59 Å². The van der Waals surface area contributed by atoms with Crippen LogP contribution in [0.5, 0.6) is 0 Å². The second-order valence-corrected chi connectivity index (χ2v) is 5.70. The van der Waals surface area contributed by atoms with Gasteiger partial charge in [-0.15, -0.1) is 0 Å². The van der Waals surface area contributed by atoms with Gasteiger partial charge in [0, 0.05) is 38.7 Å². The fraction of sp³-hybridized carbons (Fsp3) is 0.625. The molecule has 1 fully saturated rings. The maximum Gasteiger partial charge on any atom is 0.229 e. The number of amides is 2. The van der Waals surface area contributed by atoms with Crippen molar-refractivity contribution in [3.05, 3.63) is 17.6 Å². The lowest BCUT2D eigenvalue weighted by molar-refractivity contribution is -0.128. The van der Waals surface area contributed by atoms with Gasteiger partial charge < -0.3 is 4.90 Å². The van der Waals surface area contributed by atoms with Crippen molar-refractivity contribution in [3.8, 4) is 0 Å². The van der Waals surface area contributed by atoms with Gasteiger partial charge in [0.1, 0.15) is 0 Å². The molecule has 1 aromatic heterocycles. The summed E-state index contributed by atoms with van der Waals surface area (Å²) in [5.41, 5.74) is 1.55. The number of rotatable bonds is 6. The molecule has 0 bridgehead atoms. The Morgan fingerprint density at radius 3 is 2.82 bits per heavy atom. The van der Waals surface area contributed by atoms with Crippen LogP contribution >= 0.6 is 0 Å². The Morgan fingerprint density at radius 2 is 2.18 bits per heavy atom. The van der Waals surface area contributed by atoms with Crippen molar-refractivity contribution < 1.29 is 9.59 Å². The molecule has 6 nitrogen and oxygen atoms in total. The average Bonchev–Trinajstić information content (AvgIpc) is 2.90. The molecule has 0 aliphatic carbocycles. The molecule has 2 heterocycles. The molecule has 0 aromatic carbocycles. The van der Waals surface area contributed by atoms with Gasteiger partial charge in [-0.25, -0.2) is 4.98 Å². The lowest BCUT2D eigenvalue weighted by Crippen LogP contribution is -2.36. The largest absolute Gasteiger partial charge is 0.342 e. The molecule has 0 N–H and O–H groups in total. The zero-order valence-corrected chi connectivity index (χ0v) is 13.6. The Bertz CT molecular complexity index is 559. The Kier molecular flexibility index (Phi) is 5.46. The zero-order valence-electron chi connectivity index (χ0n) is 13.6. The number of aryl methyl sites for hydroxylation is 2. The van der Waals surface area contributed by atoms with E-state index in [0.29, 0.717) is 31.7 Å². The Hall–Kier alpha value is -1.98. The number of carbonyl (C=O) groups excluding carboxylic acids is 2. The second-order valence-electron chi connectivity index (χ2n) is 5.70. The fourth-order valence-electron chi connectivity index (χ4n) is 2.66. The topological polar surface area (TPSA) is 66.4 Å². The first kappa shape index (κ1) is 16.4. The molecule has 2 amide bonds. The van der Waals surface area contributed by atoms with Crippen LogP contribution in [0.1, 0.15) is 44.0 Å². The predicted molar refractivity (Wildman–Crippen MR) is 84.6 cm³/mol. The average molecular weight is 304 g/mol. The number of anilines is 1. The highest BCUT2D eigenvalue weighted by Crippen LogP contribution is 2.18. The molecule has 0 saturated carbocycles. The third-order valence-electron chi connectivity index (χ3n) is 3.82. The van der Waals surface area contributed by atoms with Crippen molar-refractivity contribution >= 4 is 17.6 Å². The summed E-state index contributed by atoms with van der Waals surface area (Å²) < 4.78 is 0. The molecule has 0 spiro atoms. The van der Waals surface area contributed by atoms with E-state index in [1.54, 1.807) is 16.0 Å². The summed E-state index contributed by atoms with van der Waals surface area (Å²) in [4.78, 5) is 36.5. The molecule has 1 aromatic rings. The van der Waals surface area contributed by atoms with Crippen LogP contribution in [0.3, 0.4) is 0 Å². The van der Waals surface area contributed by atoms with E-state index in [2.05, 4.69) is 9.97 Å². The second kappa shape index (κ2) is 7.33. The summed E-state index contributed by atoms with van der Waals surface area (Å²) in [6.07, 6.45) is 4.39. The van der Waals surface area contributed by atoms with Crippen LogP contribution in [0, 0.1) is 13.8 Å². The van der Waals surface area contributed by atoms with Crippen LogP contribution < -0.4 is 4.90 Å². The minimum absolute atomic E-state index is 0.00421. The van der Waals surface area contributed by atoms with Gasteiger partial charge in [0.2, 0.25) is 11.8 Å². The molecule has 0 radical (unpaired) electrons. The van der Waals surface area contributed by atoms with E-state index >= 15 is 0 Å². The van der Waals surface area contributed by atoms with Gasteiger partial charge in [0.15, 0.2) is 5.82 Å². The van der Waals surface area contributed by atoms with Crippen LogP contribution in [0.2, 0.25) is 0 Å². The van der Waals surface area contributed by atoms with Gasteiger partial charge in [0.05, 0.1) is 11.4 Å². The smallest absolute Gasteiger partial charge is 0.229 e. The minimum Gasteiger partial charge on any atom is -0.342 e. The summed E-state index contributed by atoms with van der Waals surface area (Å²) in [7, 11) is 0. The van der Waals surface area contributed by atoms with Gasteiger partial charge in [0.25, 0.3) is 0 Å². The van der Waals surface area contributed by atoms with Crippen LogP contribution in [0.15, 0.2) is 6.20 Å². The Labute approximate surface area is 131 Å². The molecular formula is C16H24N4O2. The van der Waals surface area contributed by atoms with Crippen molar-refractivity contribution in [2.75, 3.05) is 24.5 Å². The number of likely N-dealkylation sites (tertiary alicyclic amines) is 1. The van der Waals surface area contributed by atoms with Crippen molar-refractivity contribution in [1.29, 1.82) is 0 Å². The van der Waals surface area contributed by atoms with Crippen molar-refractivity contribution in [3.63, 3.8) is 0 Å². The molecule has 0 atom stereocenters. The van der Waals surface area contributed by atoms with Crippen molar-refractivity contribution in [1.82, 2.24) is 14.9 Å². The van der Waals surface area contributed by atoms with Crippen LogP contribution in [0.4, 0.5) is 5.82 Å². The van der Waals surface area contributed by atoms with E-state index in [1.807, 2.05) is 20.8 Å². The lowest BCUT2D eigenvalue weighted by atomic mass is 10.2. The SMILES string of the molecule is CCCN(C(=O)CCN1CCCC1=O)c1nc(C)cnc1C. The minimum atomic E-state index is 0.00421. The van der Waals surface area contributed by atoms with Gasteiger partial charge in [-0.3, -0.25) is 19.5 Å². The standard InChI is InChI=1S/C16H24N4O2/c1-4-8-20(16-13(3)17-11-12(2)18-16)15(22)7-10-19-9-5-6-14(19)21/h11H,4-10H2,1-3H3. The van der Waals surface area contributed by atoms with E-state index < -0.39 is 0 Å². The van der Waals surface area contributed by atoms with Gasteiger partial charge >= 0.3 is 0 Å². The summed E-state index contributed by atoms with van der Waals surface area (Å²) >= 11 is 0. The van der Waals surface area contributed by atoms with Crippen molar-refractivity contribution in [2.45, 2.75) is 46.5 Å². The third kappa shape index (κ3) is 3.81. The van der Waals surface area contributed by atoms with Crippen molar-refractivity contribution in [2.24, 2.45) is 0 Å². The first-order valence-corrected chi connectivity index (χ1v) is 7.91.